The zero-order valence-corrected chi connectivity index (χ0v) is 22.7. The quantitative estimate of drug-likeness (QED) is 0.399. The maximum atomic E-state index is 13.6. The number of rotatable bonds is 12. The van der Waals surface area contributed by atoms with Gasteiger partial charge in [-0.15, -0.1) is 0 Å². The third-order valence-corrected chi connectivity index (χ3v) is 7.28. The third-order valence-electron chi connectivity index (χ3n) is 5.61. The minimum absolute atomic E-state index is 0.211. The summed E-state index contributed by atoms with van der Waals surface area (Å²) >= 11 is 3.35. The molecule has 2 amide bonds. The Hall–Kier alpha value is -2.39. The molecule has 34 heavy (non-hydrogen) atoms. The molecule has 0 unspecified atom stereocenters. The van der Waals surface area contributed by atoms with Gasteiger partial charge in [0, 0.05) is 17.6 Å². The molecule has 1 atom stereocenters. The van der Waals surface area contributed by atoms with Gasteiger partial charge in [-0.05, 0) is 55.2 Å². The van der Waals surface area contributed by atoms with E-state index in [1.54, 1.807) is 24.3 Å². The summed E-state index contributed by atoms with van der Waals surface area (Å²) in [6, 6.07) is 13.7. The number of sulfonamides is 1. The summed E-state index contributed by atoms with van der Waals surface area (Å²) in [4.78, 5) is 28.1. The van der Waals surface area contributed by atoms with Crippen molar-refractivity contribution in [2.24, 2.45) is 0 Å². The van der Waals surface area contributed by atoms with Crippen molar-refractivity contribution in [3.8, 4) is 0 Å². The van der Waals surface area contributed by atoms with Crippen LogP contribution in [0.2, 0.25) is 0 Å². The van der Waals surface area contributed by atoms with Crippen molar-refractivity contribution in [2.45, 2.75) is 52.6 Å². The molecule has 0 aliphatic rings. The van der Waals surface area contributed by atoms with Gasteiger partial charge in [-0.25, -0.2) is 8.42 Å². The van der Waals surface area contributed by atoms with Crippen LogP contribution in [0, 0.1) is 6.92 Å². The predicted octanol–water partition coefficient (Wildman–Crippen LogP) is 4.25. The zero-order chi connectivity index (χ0) is 25.3. The van der Waals surface area contributed by atoms with E-state index in [4.69, 9.17) is 0 Å². The number of anilines is 1. The predicted molar refractivity (Wildman–Crippen MR) is 140 cm³/mol. The molecule has 9 heteroatoms. The summed E-state index contributed by atoms with van der Waals surface area (Å²) in [5.74, 6) is -0.665. The van der Waals surface area contributed by atoms with Crippen molar-refractivity contribution in [3.05, 3.63) is 64.1 Å². The van der Waals surface area contributed by atoms with Crippen LogP contribution in [-0.2, 0) is 26.2 Å². The van der Waals surface area contributed by atoms with Crippen molar-refractivity contribution >= 4 is 43.5 Å². The number of nitrogens with one attached hydrogen (secondary N) is 1. The summed E-state index contributed by atoms with van der Waals surface area (Å²) in [7, 11) is -3.74. The van der Waals surface area contributed by atoms with Gasteiger partial charge in [0.15, 0.2) is 0 Å². The van der Waals surface area contributed by atoms with Gasteiger partial charge in [0.2, 0.25) is 21.8 Å². The normalized spacial score (nSPS) is 12.1. The number of hydrogen-bond donors (Lipinski definition) is 1. The van der Waals surface area contributed by atoms with E-state index >= 15 is 0 Å². The molecule has 0 aliphatic carbocycles. The average molecular weight is 553 g/mol. The fourth-order valence-electron chi connectivity index (χ4n) is 3.62. The van der Waals surface area contributed by atoms with Gasteiger partial charge in [0.25, 0.3) is 0 Å². The maximum absolute atomic E-state index is 13.6. The van der Waals surface area contributed by atoms with E-state index in [2.05, 4.69) is 21.2 Å². The molecular formula is C25H34BrN3O4S. The molecule has 186 valence electrons. The second-order valence-corrected chi connectivity index (χ2v) is 11.1. The van der Waals surface area contributed by atoms with E-state index in [0.717, 1.165) is 39.0 Å². The van der Waals surface area contributed by atoms with Crippen LogP contribution in [0.1, 0.15) is 44.2 Å². The minimum Gasteiger partial charge on any atom is -0.354 e. The van der Waals surface area contributed by atoms with Crippen molar-refractivity contribution in [1.82, 2.24) is 10.2 Å². The van der Waals surface area contributed by atoms with E-state index in [0.29, 0.717) is 18.7 Å². The number of aryl methyl sites for hydroxylation is 1. The average Bonchev–Trinajstić information content (AvgIpc) is 2.78. The first-order chi connectivity index (χ1) is 16.1. The third kappa shape index (κ3) is 7.84. The van der Waals surface area contributed by atoms with Crippen molar-refractivity contribution in [1.29, 1.82) is 0 Å². The smallest absolute Gasteiger partial charge is 0.244 e. The van der Waals surface area contributed by atoms with E-state index in [1.807, 2.05) is 45.0 Å². The molecule has 0 spiro atoms. The molecule has 0 heterocycles. The number of hydrogen-bond acceptors (Lipinski definition) is 4. The van der Waals surface area contributed by atoms with Crippen molar-refractivity contribution in [2.75, 3.05) is 23.7 Å². The van der Waals surface area contributed by atoms with Crippen LogP contribution in [0.4, 0.5) is 5.69 Å². The standard InChI is InChI=1S/C25H34BrN3O4S/c1-5-7-16-27-25(31)23(6-2)28(17-20-11-9-8-10-19(20)3)24(30)18-29(34(4,32)33)22-14-12-21(26)13-15-22/h8-15,23H,5-7,16-18H2,1-4H3,(H,27,31)/t23-/m0/s1. The van der Waals surface area contributed by atoms with Crippen LogP contribution in [0.25, 0.3) is 0 Å². The molecule has 0 bridgehead atoms. The van der Waals surface area contributed by atoms with Gasteiger partial charge >= 0.3 is 0 Å². The lowest BCUT2D eigenvalue weighted by molar-refractivity contribution is -0.140. The van der Waals surface area contributed by atoms with Crippen LogP contribution < -0.4 is 9.62 Å². The molecule has 0 saturated heterocycles. The molecule has 0 radical (unpaired) electrons. The highest BCUT2D eigenvalue weighted by Gasteiger charge is 2.31. The number of carbonyl (C=O) groups is 2. The number of unbranched alkanes of at least 4 members (excludes halogenated alkanes) is 1. The first kappa shape index (κ1) is 27.9. The molecule has 0 saturated carbocycles. The molecule has 1 N–H and O–H groups in total. The van der Waals surface area contributed by atoms with Crippen LogP contribution in [0.3, 0.4) is 0 Å². The van der Waals surface area contributed by atoms with Crippen LogP contribution in [-0.4, -0.2) is 50.5 Å². The Bertz CT molecular complexity index is 1070. The van der Waals surface area contributed by atoms with Gasteiger partial charge in [-0.3, -0.25) is 13.9 Å². The topological polar surface area (TPSA) is 86.8 Å². The van der Waals surface area contributed by atoms with Crippen LogP contribution in [0.5, 0.6) is 0 Å². The highest BCUT2D eigenvalue weighted by Crippen LogP contribution is 2.22. The number of carbonyl (C=O) groups excluding carboxylic acids is 2. The Balaban J connectivity index is 2.40. The molecule has 7 nitrogen and oxygen atoms in total. The molecule has 0 fully saturated rings. The van der Waals surface area contributed by atoms with Gasteiger partial charge < -0.3 is 10.2 Å². The number of nitrogens with zero attached hydrogens (tertiary/aromatic N) is 2. The summed E-state index contributed by atoms with van der Waals surface area (Å²) in [6.07, 6.45) is 3.27. The van der Waals surface area contributed by atoms with Crippen molar-refractivity contribution < 1.29 is 18.0 Å². The summed E-state index contributed by atoms with van der Waals surface area (Å²) in [5, 5.41) is 2.92. The first-order valence-corrected chi connectivity index (χ1v) is 14.1. The summed E-state index contributed by atoms with van der Waals surface area (Å²) in [6.45, 7) is 6.19. The highest BCUT2D eigenvalue weighted by atomic mass is 79.9. The Labute approximate surface area is 211 Å². The Morgan fingerprint density at radius 2 is 1.71 bits per heavy atom. The van der Waals surface area contributed by atoms with E-state index in [1.165, 1.54) is 4.90 Å². The second kappa shape index (κ2) is 12.9. The molecule has 0 aromatic heterocycles. The first-order valence-electron chi connectivity index (χ1n) is 11.4. The largest absolute Gasteiger partial charge is 0.354 e. The van der Waals surface area contributed by atoms with Crippen LogP contribution >= 0.6 is 15.9 Å². The maximum Gasteiger partial charge on any atom is 0.244 e. The van der Waals surface area contributed by atoms with Crippen molar-refractivity contribution in [3.63, 3.8) is 0 Å². The van der Waals surface area contributed by atoms with Gasteiger partial charge in [0.05, 0.1) is 11.9 Å². The molecule has 0 aliphatic heterocycles. The van der Waals surface area contributed by atoms with Crippen LogP contribution in [0.15, 0.2) is 53.0 Å². The lowest BCUT2D eigenvalue weighted by atomic mass is 10.1. The van der Waals surface area contributed by atoms with E-state index < -0.39 is 28.5 Å². The monoisotopic (exact) mass is 551 g/mol. The fourth-order valence-corrected chi connectivity index (χ4v) is 4.73. The second-order valence-electron chi connectivity index (χ2n) is 8.26. The zero-order valence-electron chi connectivity index (χ0n) is 20.3. The molecular weight excluding hydrogens is 518 g/mol. The summed E-state index contributed by atoms with van der Waals surface area (Å²) < 4.78 is 27.1. The number of amides is 2. The van der Waals surface area contributed by atoms with Gasteiger partial charge in [0.1, 0.15) is 12.6 Å². The van der Waals surface area contributed by atoms with E-state index in [9.17, 15) is 18.0 Å². The van der Waals surface area contributed by atoms with Gasteiger partial charge in [-0.2, -0.15) is 0 Å². The Kier molecular flexibility index (Phi) is 10.6. The Morgan fingerprint density at radius 1 is 1.06 bits per heavy atom. The molecule has 2 aromatic carbocycles. The Morgan fingerprint density at radius 3 is 2.26 bits per heavy atom. The number of halogens is 1. The summed E-state index contributed by atoms with van der Waals surface area (Å²) in [5.41, 5.74) is 2.29. The fraction of sp³-hybridized carbons (Fsp3) is 0.440. The molecule has 2 rings (SSSR count). The highest BCUT2D eigenvalue weighted by molar-refractivity contribution is 9.10. The van der Waals surface area contributed by atoms with Gasteiger partial charge in [-0.1, -0.05) is 60.5 Å². The lowest BCUT2D eigenvalue weighted by Gasteiger charge is -2.33. The minimum atomic E-state index is -3.74. The van der Waals surface area contributed by atoms with E-state index in [-0.39, 0.29) is 12.5 Å². The lowest BCUT2D eigenvalue weighted by Crippen LogP contribution is -2.52. The number of benzene rings is 2. The SMILES string of the molecule is CCCCNC(=O)[C@H](CC)N(Cc1ccccc1C)C(=O)CN(c1ccc(Br)cc1)S(C)(=O)=O. The molecule has 2 aromatic rings.